The van der Waals surface area contributed by atoms with E-state index in [-0.39, 0.29) is 17.5 Å². The quantitative estimate of drug-likeness (QED) is 0.725. The van der Waals surface area contributed by atoms with Crippen molar-refractivity contribution in [2.75, 3.05) is 13.1 Å². The van der Waals surface area contributed by atoms with Crippen molar-refractivity contribution >= 4 is 17.3 Å². The van der Waals surface area contributed by atoms with Crippen LogP contribution in [0.15, 0.2) is 16.2 Å². The lowest BCUT2D eigenvalue weighted by Gasteiger charge is -2.22. The molecule has 76 valence electrons. The molecule has 0 amide bonds. The molecule has 0 bridgehead atoms. The number of rotatable bonds is 2. The van der Waals surface area contributed by atoms with Gasteiger partial charge in [-0.25, -0.2) is 3.96 Å². The molecule has 2 rings (SSSR count). The van der Waals surface area contributed by atoms with Crippen LogP contribution in [-0.2, 0) is 4.79 Å². The molecule has 0 N–H and O–H groups in total. The Morgan fingerprint density at radius 1 is 1.50 bits per heavy atom. The molecule has 1 atom stereocenters. The first kappa shape index (κ1) is 9.61. The van der Waals surface area contributed by atoms with Gasteiger partial charge in [-0.3, -0.25) is 14.5 Å². The molecule has 1 aromatic heterocycles. The SMILES string of the molecule is CC(N1CCC(=O)C1)n1sccc1=O. The Kier molecular flexibility index (Phi) is 2.52. The first-order chi connectivity index (χ1) is 6.68. The second-order valence-corrected chi connectivity index (χ2v) is 4.34. The minimum absolute atomic E-state index is 0.00829. The maximum atomic E-state index is 11.4. The first-order valence-electron chi connectivity index (χ1n) is 4.61. The van der Waals surface area contributed by atoms with Gasteiger partial charge in [0.1, 0.15) is 5.78 Å². The largest absolute Gasteiger partial charge is 0.298 e. The Bertz CT molecular complexity index is 396. The Morgan fingerprint density at radius 2 is 2.29 bits per heavy atom. The van der Waals surface area contributed by atoms with E-state index < -0.39 is 0 Å². The molecule has 1 aliphatic rings. The van der Waals surface area contributed by atoms with Gasteiger partial charge in [-0.05, 0) is 6.92 Å². The normalized spacial score (nSPS) is 20.2. The lowest BCUT2D eigenvalue weighted by Crippen LogP contribution is -2.32. The summed E-state index contributed by atoms with van der Waals surface area (Å²) in [4.78, 5) is 24.5. The number of hydrogen-bond acceptors (Lipinski definition) is 4. The molecule has 1 saturated heterocycles. The van der Waals surface area contributed by atoms with E-state index in [1.54, 1.807) is 15.4 Å². The highest BCUT2D eigenvalue weighted by Gasteiger charge is 2.25. The Labute approximate surface area is 85.9 Å². The van der Waals surface area contributed by atoms with Gasteiger partial charge < -0.3 is 0 Å². The third-order valence-electron chi connectivity index (χ3n) is 2.53. The van der Waals surface area contributed by atoms with Crippen LogP contribution in [0.2, 0.25) is 0 Å². The van der Waals surface area contributed by atoms with Gasteiger partial charge >= 0.3 is 0 Å². The molecular weight excluding hydrogens is 200 g/mol. The monoisotopic (exact) mass is 212 g/mol. The van der Waals surface area contributed by atoms with Crippen molar-refractivity contribution < 1.29 is 4.79 Å². The fourth-order valence-corrected chi connectivity index (χ4v) is 2.45. The molecule has 0 saturated carbocycles. The van der Waals surface area contributed by atoms with E-state index in [2.05, 4.69) is 0 Å². The maximum absolute atomic E-state index is 11.4. The van der Waals surface area contributed by atoms with Crippen LogP contribution < -0.4 is 5.56 Å². The van der Waals surface area contributed by atoms with Crippen LogP contribution in [0.5, 0.6) is 0 Å². The first-order valence-corrected chi connectivity index (χ1v) is 5.44. The minimum atomic E-state index is 0.00829. The Hall–Kier alpha value is -0.940. The van der Waals surface area contributed by atoms with Gasteiger partial charge in [0.25, 0.3) is 5.56 Å². The van der Waals surface area contributed by atoms with Crippen molar-refractivity contribution in [1.29, 1.82) is 0 Å². The van der Waals surface area contributed by atoms with Gasteiger partial charge in [-0.15, -0.1) is 0 Å². The highest BCUT2D eigenvalue weighted by molar-refractivity contribution is 7.04. The molecule has 0 aromatic carbocycles. The lowest BCUT2D eigenvalue weighted by molar-refractivity contribution is -0.117. The van der Waals surface area contributed by atoms with E-state index in [0.717, 1.165) is 6.54 Å². The molecule has 0 aliphatic carbocycles. The van der Waals surface area contributed by atoms with Crippen LogP contribution in [0.1, 0.15) is 19.5 Å². The predicted molar refractivity (Wildman–Crippen MR) is 54.5 cm³/mol. The van der Waals surface area contributed by atoms with Crippen molar-refractivity contribution in [2.45, 2.75) is 19.5 Å². The van der Waals surface area contributed by atoms with Gasteiger partial charge in [-0.1, -0.05) is 11.5 Å². The van der Waals surface area contributed by atoms with Crippen LogP contribution in [0, 0.1) is 0 Å². The molecule has 0 spiro atoms. The fraction of sp³-hybridized carbons (Fsp3) is 0.556. The summed E-state index contributed by atoms with van der Waals surface area (Å²) in [5.74, 6) is 0.265. The number of carbonyl (C=O) groups excluding carboxylic acids is 1. The van der Waals surface area contributed by atoms with Crippen molar-refractivity contribution in [3.05, 3.63) is 21.8 Å². The molecular formula is C9H12N2O2S. The molecule has 1 unspecified atom stereocenters. The average molecular weight is 212 g/mol. The molecule has 5 heteroatoms. The minimum Gasteiger partial charge on any atom is -0.298 e. The zero-order chi connectivity index (χ0) is 10.1. The Morgan fingerprint density at radius 3 is 2.79 bits per heavy atom. The summed E-state index contributed by atoms with van der Waals surface area (Å²) >= 11 is 1.40. The lowest BCUT2D eigenvalue weighted by atomic mass is 10.4. The highest BCUT2D eigenvalue weighted by Crippen LogP contribution is 2.17. The van der Waals surface area contributed by atoms with Crippen LogP contribution in [0.25, 0.3) is 0 Å². The Balaban J connectivity index is 2.16. The van der Waals surface area contributed by atoms with Gasteiger partial charge in [0.05, 0.1) is 12.7 Å². The standard InChI is InChI=1S/C9H12N2O2S/c1-7(10-4-2-8(12)6-10)11-9(13)3-5-14-11/h3,5,7H,2,4,6H2,1H3. The summed E-state index contributed by atoms with van der Waals surface area (Å²) in [7, 11) is 0. The number of aromatic nitrogens is 1. The van der Waals surface area contributed by atoms with Crippen LogP contribution in [0.4, 0.5) is 0 Å². The van der Waals surface area contributed by atoms with E-state index in [4.69, 9.17) is 0 Å². The van der Waals surface area contributed by atoms with Gasteiger partial charge in [0, 0.05) is 24.4 Å². The summed E-state index contributed by atoms with van der Waals surface area (Å²) in [5, 5.41) is 1.77. The van der Waals surface area contributed by atoms with Gasteiger partial charge in [-0.2, -0.15) is 0 Å². The van der Waals surface area contributed by atoms with Crippen molar-refractivity contribution in [2.24, 2.45) is 0 Å². The summed E-state index contributed by atoms with van der Waals surface area (Å²) in [6, 6.07) is 1.55. The van der Waals surface area contributed by atoms with Crippen LogP contribution in [-0.4, -0.2) is 27.7 Å². The number of hydrogen-bond donors (Lipinski definition) is 0. The number of ketones is 1. The third-order valence-corrected chi connectivity index (χ3v) is 3.50. The zero-order valence-corrected chi connectivity index (χ0v) is 8.79. The van der Waals surface area contributed by atoms with E-state index >= 15 is 0 Å². The topological polar surface area (TPSA) is 42.3 Å². The van der Waals surface area contributed by atoms with Crippen molar-refractivity contribution in [1.82, 2.24) is 8.86 Å². The van der Waals surface area contributed by atoms with Crippen molar-refractivity contribution in [3.63, 3.8) is 0 Å². The number of Topliss-reactive ketones (excluding diaryl/α,β-unsaturated/α-hetero) is 1. The molecule has 1 aliphatic heterocycles. The van der Waals surface area contributed by atoms with Gasteiger partial charge in [0.2, 0.25) is 0 Å². The number of carbonyl (C=O) groups is 1. The average Bonchev–Trinajstić information content (AvgIpc) is 2.73. The smallest absolute Gasteiger partial charge is 0.262 e. The molecule has 14 heavy (non-hydrogen) atoms. The maximum Gasteiger partial charge on any atom is 0.262 e. The number of nitrogens with zero attached hydrogens (tertiary/aromatic N) is 2. The third kappa shape index (κ3) is 1.65. The second-order valence-electron chi connectivity index (χ2n) is 3.46. The van der Waals surface area contributed by atoms with Crippen LogP contribution >= 0.6 is 11.5 Å². The van der Waals surface area contributed by atoms with Gasteiger partial charge in [0.15, 0.2) is 0 Å². The molecule has 1 fully saturated rings. The summed E-state index contributed by atoms with van der Waals surface area (Å²) in [6.07, 6.45) is 0.624. The second kappa shape index (κ2) is 3.67. The van der Waals surface area contributed by atoms with E-state index in [1.165, 1.54) is 11.5 Å². The van der Waals surface area contributed by atoms with E-state index in [0.29, 0.717) is 13.0 Å². The predicted octanol–water partition coefficient (Wildman–Crippen LogP) is 0.703. The van der Waals surface area contributed by atoms with E-state index in [1.807, 2.05) is 11.8 Å². The molecule has 2 heterocycles. The van der Waals surface area contributed by atoms with Crippen molar-refractivity contribution in [3.8, 4) is 0 Å². The molecule has 1 aromatic rings. The van der Waals surface area contributed by atoms with Crippen LogP contribution in [0.3, 0.4) is 0 Å². The highest BCUT2D eigenvalue weighted by atomic mass is 32.1. The van der Waals surface area contributed by atoms with E-state index in [9.17, 15) is 9.59 Å². The summed E-state index contributed by atoms with van der Waals surface area (Å²) < 4.78 is 1.69. The number of likely N-dealkylation sites (tertiary alicyclic amines) is 1. The molecule has 0 radical (unpaired) electrons. The zero-order valence-electron chi connectivity index (χ0n) is 7.97. The summed E-state index contributed by atoms with van der Waals surface area (Å²) in [5.41, 5.74) is 0.0156. The molecule has 4 nitrogen and oxygen atoms in total. The summed E-state index contributed by atoms with van der Waals surface area (Å²) in [6.45, 7) is 3.20. The fourth-order valence-electron chi connectivity index (χ4n) is 1.67.